The Morgan fingerprint density at radius 2 is 1.89 bits per heavy atom. The summed E-state index contributed by atoms with van der Waals surface area (Å²) in [5.41, 5.74) is 2.52. The quantitative estimate of drug-likeness (QED) is 0.743. The summed E-state index contributed by atoms with van der Waals surface area (Å²) in [5.74, 6) is -0.406. The van der Waals surface area contributed by atoms with Crippen molar-refractivity contribution in [1.82, 2.24) is 4.90 Å². The van der Waals surface area contributed by atoms with E-state index in [1.54, 1.807) is 11.0 Å². The van der Waals surface area contributed by atoms with E-state index >= 15 is 0 Å². The summed E-state index contributed by atoms with van der Waals surface area (Å²) in [6.45, 7) is 1.12. The zero-order valence-electron chi connectivity index (χ0n) is 10.1. The Morgan fingerprint density at radius 1 is 1.16 bits per heavy atom. The van der Waals surface area contributed by atoms with Gasteiger partial charge in [0, 0.05) is 13.1 Å². The van der Waals surface area contributed by atoms with Crippen molar-refractivity contribution in [2.75, 3.05) is 0 Å². The van der Waals surface area contributed by atoms with Gasteiger partial charge in [0.25, 0.3) is 5.91 Å². The standard InChI is InChI=1S/C15H11FINO/c16-12-7-6-11-9-18(15(19)13(11)14(12)17)8-10-4-2-1-3-5-10/h1-7H,8-9H2. The van der Waals surface area contributed by atoms with Gasteiger partial charge in [-0.3, -0.25) is 4.79 Å². The molecule has 0 saturated carbocycles. The second kappa shape index (κ2) is 4.92. The van der Waals surface area contributed by atoms with Crippen LogP contribution in [0.1, 0.15) is 21.5 Å². The van der Waals surface area contributed by atoms with Gasteiger partial charge in [0.05, 0.1) is 9.13 Å². The van der Waals surface area contributed by atoms with E-state index < -0.39 is 0 Å². The van der Waals surface area contributed by atoms with Gasteiger partial charge >= 0.3 is 0 Å². The number of carbonyl (C=O) groups is 1. The van der Waals surface area contributed by atoms with Crippen LogP contribution in [0, 0.1) is 9.39 Å². The Balaban J connectivity index is 1.90. The van der Waals surface area contributed by atoms with Crippen LogP contribution in [0.15, 0.2) is 42.5 Å². The molecule has 0 bridgehead atoms. The van der Waals surface area contributed by atoms with E-state index in [2.05, 4.69) is 0 Å². The molecule has 0 aromatic heterocycles. The lowest BCUT2D eigenvalue weighted by Gasteiger charge is -2.15. The van der Waals surface area contributed by atoms with Crippen LogP contribution in [0.4, 0.5) is 4.39 Å². The van der Waals surface area contributed by atoms with E-state index in [-0.39, 0.29) is 11.7 Å². The van der Waals surface area contributed by atoms with Gasteiger partial charge in [0.1, 0.15) is 5.82 Å². The molecule has 3 rings (SSSR count). The van der Waals surface area contributed by atoms with Crippen molar-refractivity contribution in [2.45, 2.75) is 13.1 Å². The van der Waals surface area contributed by atoms with Gasteiger partial charge < -0.3 is 4.90 Å². The van der Waals surface area contributed by atoms with Crippen molar-refractivity contribution < 1.29 is 9.18 Å². The number of hydrogen-bond acceptors (Lipinski definition) is 1. The van der Waals surface area contributed by atoms with Crippen molar-refractivity contribution in [3.8, 4) is 0 Å². The molecular formula is C15H11FINO. The number of halogens is 2. The second-order valence-corrected chi connectivity index (χ2v) is 5.62. The van der Waals surface area contributed by atoms with Gasteiger partial charge in [-0.1, -0.05) is 36.4 Å². The molecule has 0 fully saturated rings. The van der Waals surface area contributed by atoms with E-state index in [1.807, 2.05) is 52.9 Å². The van der Waals surface area contributed by atoms with Crippen molar-refractivity contribution in [3.05, 3.63) is 68.5 Å². The summed E-state index contributed by atoms with van der Waals surface area (Å²) in [6, 6.07) is 13.0. The Morgan fingerprint density at radius 3 is 2.63 bits per heavy atom. The molecule has 0 spiro atoms. The fourth-order valence-corrected chi connectivity index (χ4v) is 3.08. The third-order valence-electron chi connectivity index (χ3n) is 3.26. The fourth-order valence-electron chi connectivity index (χ4n) is 2.32. The first-order chi connectivity index (χ1) is 9.16. The van der Waals surface area contributed by atoms with E-state index in [1.165, 1.54) is 6.07 Å². The number of nitrogens with zero attached hydrogens (tertiary/aromatic N) is 1. The zero-order chi connectivity index (χ0) is 13.4. The predicted molar refractivity (Wildman–Crippen MR) is 79.1 cm³/mol. The molecule has 1 aliphatic heterocycles. The third kappa shape index (κ3) is 2.25. The van der Waals surface area contributed by atoms with Gasteiger partial charge in [-0.25, -0.2) is 4.39 Å². The minimum absolute atomic E-state index is 0.0808. The molecule has 4 heteroatoms. The van der Waals surface area contributed by atoms with Crippen LogP contribution in [-0.2, 0) is 13.1 Å². The van der Waals surface area contributed by atoms with E-state index in [0.717, 1.165) is 11.1 Å². The molecule has 2 aromatic carbocycles. The smallest absolute Gasteiger partial charge is 0.255 e. The average Bonchev–Trinajstić information content (AvgIpc) is 2.73. The molecule has 2 aromatic rings. The normalized spacial score (nSPS) is 13.8. The van der Waals surface area contributed by atoms with Crippen molar-refractivity contribution in [1.29, 1.82) is 0 Å². The van der Waals surface area contributed by atoms with Crippen LogP contribution in [0.3, 0.4) is 0 Å². The lowest BCUT2D eigenvalue weighted by molar-refractivity contribution is 0.0765. The molecule has 19 heavy (non-hydrogen) atoms. The van der Waals surface area contributed by atoms with Gasteiger partial charge in [-0.05, 0) is 39.8 Å². The molecule has 96 valence electrons. The topological polar surface area (TPSA) is 20.3 Å². The molecule has 0 saturated heterocycles. The van der Waals surface area contributed by atoms with Crippen molar-refractivity contribution >= 4 is 28.5 Å². The highest BCUT2D eigenvalue weighted by Crippen LogP contribution is 2.29. The largest absolute Gasteiger partial charge is 0.330 e. The van der Waals surface area contributed by atoms with Gasteiger partial charge in [0.2, 0.25) is 0 Å². The van der Waals surface area contributed by atoms with Crippen LogP contribution >= 0.6 is 22.6 Å². The molecule has 1 amide bonds. The first-order valence-corrected chi connectivity index (χ1v) is 7.05. The highest BCUT2D eigenvalue weighted by Gasteiger charge is 2.30. The molecule has 0 radical (unpaired) electrons. The maximum absolute atomic E-state index is 13.5. The molecule has 0 unspecified atom stereocenters. The van der Waals surface area contributed by atoms with Gasteiger partial charge in [0.15, 0.2) is 0 Å². The van der Waals surface area contributed by atoms with Crippen molar-refractivity contribution in [2.24, 2.45) is 0 Å². The van der Waals surface area contributed by atoms with Crippen LogP contribution in [0.5, 0.6) is 0 Å². The molecular weight excluding hydrogens is 356 g/mol. The molecule has 1 heterocycles. The summed E-state index contributed by atoms with van der Waals surface area (Å²) in [6.07, 6.45) is 0. The van der Waals surface area contributed by atoms with Gasteiger partial charge in [-0.15, -0.1) is 0 Å². The highest BCUT2D eigenvalue weighted by atomic mass is 127. The summed E-state index contributed by atoms with van der Waals surface area (Å²) >= 11 is 1.90. The van der Waals surface area contributed by atoms with E-state index in [9.17, 15) is 9.18 Å². The molecule has 2 nitrogen and oxygen atoms in total. The minimum atomic E-state index is -0.325. The monoisotopic (exact) mass is 367 g/mol. The number of carbonyl (C=O) groups excluding carboxylic acids is 1. The second-order valence-electron chi connectivity index (χ2n) is 4.54. The lowest BCUT2D eigenvalue weighted by Crippen LogP contribution is -2.23. The number of amides is 1. The first kappa shape index (κ1) is 12.6. The van der Waals surface area contributed by atoms with Crippen LogP contribution in [0.2, 0.25) is 0 Å². The Labute approximate surface area is 124 Å². The minimum Gasteiger partial charge on any atom is -0.330 e. The molecule has 1 aliphatic rings. The summed E-state index contributed by atoms with van der Waals surface area (Å²) < 4.78 is 13.9. The van der Waals surface area contributed by atoms with Crippen molar-refractivity contribution in [3.63, 3.8) is 0 Å². The van der Waals surface area contributed by atoms with Crippen LogP contribution in [-0.4, -0.2) is 10.8 Å². The van der Waals surface area contributed by atoms with Crippen LogP contribution in [0.25, 0.3) is 0 Å². The Kier molecular flexibility index (Phi) is 3.26. The van der Waals surface area contributed by atoms with Crippen LogP contribution < -0.4 is 0 Å². The Hall–Kier alpha value is -1.43. The van der Waals surface area contributed by atoms with E-state index in [4.69, 9.17) is 0 Å². The number of benzene rings is 2. The fraction of sp³-hybridized carbons (Fsp3) is 0.133. The maximum atomic E-state index is 13.5. The predicted octanol–water partition coefficient (Wildman–Crippen LogP) is 3.59. The summed E-state index contributed by atoms with van der Waals surface area (Å²) in [4.78, 5) is 14.1. The molecule has 0 aliphatic carbocycles. The molecule has 0 N–H and O–H groups in total. The third-order valence-corrected chi connectivity index (χ3v) is 4.31. The number of fused-ring (bicyclic) bond motifs is 1. The number of rotatable bonds is 2. The molecule has 0 atom stereocenters. The Bertz CT molecular complexity index is 642. The van der Waals surface area contributed by atoms with E-state index in [0.29, 0.717) is 22.2 Å². The zero-order valence-corrected chi connectivity index (χ0v) is 12.2. The number of hydrogen-bond donors (Lipinski definition) is 0. The summed E-state index contributed by atoms with van der Waals surface area (Å²) in [7, 11) is 0. The average molecular weight is 367 g/mol. The maximum Gasteiger partial charge on any atom is 0.255 e. The SMILES string of the molecule is O=C1c2c(ccc(F)c2I)CN1Cc1ccccc1. The lowest BCUT2D eigenvalue weighted by atomic mass is 10.1. The first-order valence-electron chi connectivity index (χ1n) is 5.97. The summed E-state index contributed by atoms with van der Waals surface area (Å²) in [5, 5.41) is 0. The highest BCUT2D eigenvalue weighted by molar-refractivity contribution is 14.1. The van der Waals surface area contributed by atoms with Gasteiger partial charge in [-0.2, -0.15) is 0 Å².